The molecule has 80 valence electrons. The number of hydrogen-bond acceptors (Lipinski definition) is 4. The second kappa shape index (κ2) is 5.48. The Morgan fingerprint density at radius 3 is 3.07 bits per heavy atom. The van der Waals surface area contributed by atoms with Gasteiger partial charge in [-0.2, -0.15) is 0 Å². The number of ether oxygens (including phenoxy) is 1. The van der Waals surface area contributed by atoms with Crippen LogP contribution in [0.3, 0.4) is 0 Å². The van der Waals surface area contributed by atoms with Crippen LogP contribution in [-0.4, -0.2) is 24.6 Å². The maximum Gasteiger partial charge on any atom is 0.339 e. The molecule has 0 aliphatic heterocycles. The fraction of sp³-hybridized carbons (Fsp3) is 0.200. The van der Waals surface area contributed by atoms with Crippen molar-refractivity contribution in [2.45, 2.75) is 0 Å². The zero-order valence-corrected chi connectivity index (χ0v) is 8.99. The van der Waals surface area contributed by atoms with Gasteiger partial charge in [0, 0.05) is 18.3 Å². The van der Waals surface area contributed by atoms with Crippen LogP contribution in [0.4, 0.5) is 0 Å². The number of halogens is 1. The molecule has 0 saturated heterocycles. The molecule has 0 aliphatic rings. The molecule has 0 unspecified atom stereocenters. The summed E-state index contributed by atoms with van der Waals surface area (Å²) in [6.45, 7) is 0.402. The second-order valence-electron chi connectivity index (χ2n) is 2.73. The van der Waals surface area contributed by atoms with Gasteiger partial charge in [-0.1, -0.05) is 23.8 Å². The van der Waals surface area contributed by atoms with Gasteiger partial charge in [0.25, 0.3) is 0 Å². The molecule has 2 N–H and O–H groups in total. The molecule has 0 fully saturated rings. The molecule has 1 aromatic heterocycles. The third-order valence-corrected chi connectivity index (χ3v) is 2.04. The van der Waals surface area contributed by atoms with Gasteiger partial charge in [0.15, 0.2) is 0 Å². The highest BCUT2D eigenvalue weighted by molar-refractivity contribution is 6.30. The number of nitrogens with two attached hydrogens (primary N) is 1. The molecule has 0 aromatic carbocycles. The van der Waals surface area contributed by atoms with Crippen LogP contribution < -0.4 is 5.73 Å². The van der Waals surface area contributed by atoms with Crippen molar-refractivity contribution in [1.82, 2.24) is 4.98 Å². The number of esters is 1. The van der Waals surface area contributed by atoms with E-state index in [0.717, 1.165) is 0 Å². The van der Waals surface area contributed by atoms with Gasteiger partial charge in [0.05, 0.1) is 12.7 Å². The zero-order valence-electron chi connectivity index (χ0n) is 8.24. The second-order valence-corrected chi connectivity index (χ2v) is 3.09. The summed E-state index contributed by atoms with van der Waals surface area (Å²) in [4.78, 5) is 15.1. The van der Waals surface area contributed by atoms with Crippen molar-refractivity contribution < 1.29 is 9.53 Å². The van der Waals surface area contributed by atoms with E-state index in [1.165, 1.54) is 13.3 Å². The molecule has 4 nitrogen and oxygen atoms in total. The molecule has 0 amide bonds. The summed E-state index contributed by atoms with van der Waals surface area (Å²) >= 11 is 5.82. The lowest BCUT2D eigenvalue weighted by molar-refractivity contribution is 0.0600. The van der Waals surface area contributed by atoms with Gasteiger partial charge in [-0.15, -0.1) is 0 Å². The third-order valence-electron chi connectivity index (χ3n) is 1.72. The van der Waals surface area contributed by atoms with E-state index in [4.69, 9.17) is 17.3 Å². The van der Waals surface area contributed by atoms with Crippen LogP contribution in [0.5, 0.6) is 0 Å². The smallest absolute Gasteiger partial charge is 0.339 e. The van der Waals surface area contributed by atoms with Crippen LogP contribution in [0.25, 0.3) is 6.08 Å². The summed E-state index contributed by atoms with van der Waals surface area (Å²) < 4.78 is 4.56. The predicted octanol–water partition coefficient (Wildman–Crippen LogP) is 1.49. The van der Waals surface area contributed by atoms with Crippen molar-refractivity contribution in [2.75, 3.05) is 13.7 Å². The SMILES string of the molecule is COC(=O)c1cnc(Cl)c(C=CCN)c1. The van der Waals surface area contributed by atoms with E-state index in [-0.39, 0.29) is 0 Å². The van der Waals surface area contributed by atoms with Crippen LogP contribution >= 0.6 is 11.6 Å². The summed E-state index contributed by atoms with van der Waals surface area (Å²) in [5.41, 5.74) is 6.31. The molecule has 0 aliphatic carbocycles. The number of carbonyl (C=O) groups is 1. The first kappa shape index (κ1) is 11.7. The highest BCUT2D eigenvalue weighted by atomic mass is 35.5. The molecule has 0 radical (unpaired) electrons. The molecular formula is C10H11ClN2O2. The molecule has 0 spiro atoms. The lowest BCUT2D eigenvalue weighted by atomic mass is 10.2. The minimum atomic E-state index is -0.443. The normalized spacial score (nSPS) is 10.6. The molecule has 1 rings (SSSR count). The van der Waals surface area contributed by atoms with Crippen molar-refractivity contribution in [2.24, 2.45) is 5.73 Å². The Kier molecular flexibility index (Phi) is 4.27. The van der Waals surface area contributed by atoms with E-state index in [2.05, 4.69) is 9.72 Å². The minimum Gasteiger partial charge on any atom is -0.465 e. The van der Waals surface area contributed by atoms with Gasteiger partial charge in [-0.3, -0.25) is 0 Å². The first-order chi connectivity index (χ1) is 7.19. The first-order valence-electron chi connectivity index (χ1n) is 4.29. The highest BCUT2D eigenvalue weighted by Gasteiger charge is 2.08. The predicted molar refractivity (Wildman–Crippen MR) is 58.7 cm³/mol. The molecule has 5 heteroatoms. The van der Waals surface area contributed by atoms with Crippen molar-refractivity contribution in [1.29, 1.82) is 0 Å². The van der Waals surface area contributed by atoms with Gasteiger partial charge in [0.1, 0.15) is 5.15 Å². The molecule has 0 atom stereocenters. The average Bonchev–Trinajstić information content (AvgIpc) is 2.27. The Morgan fingerprint density at radius 2 is 2.47 bits per heavy atom. The van der Waals surface area contributed by atoms with Gasteiger partial charge >= 0.3 is 5.97 Å². The molecule has 1 aromatic rings. The fourth-order valence-corrected chi connectivity index (χ4v) is 1.17. The van der Waals surface area contributed by atoms with Gasteiger partial charge in [-0.25, -0.2) is 9.78 Å². The van der Waals surface area contributed by atoms with E-state index in [1.807, 2.05) is 0 Å². The average molecular weight is 227 g/mol. The lowest BCUT2D eigenvalue weighted by Gasteiger charge is -2.01. The summed E-state index contributed by atoms with van der Waals surface area (Å²) in [7, 11) is 1.31. The monoisotopic (exact) mass is 226 g/mol. The van der Waals surface area contributed by atoms with Gasteiger partial charge < -0.3 is 10.5 Å². The van der Waals surface area contributed by atoms with Crippen LogP contribution in [-0.2, 0) is 4.74 Å². The molecule has 0 bridgehead atoms. The Hall–Kier alpha value is -1.39. The Balaban J connectivity index is 3.05. The molecule has 15 heavy (non-hydrogen) atoms. The lowest BCUT2D eigenvalue weighted by Crippen LogP contribution is -2.02. The molecule has 0 saturated carbocycles. The number of nitrogens with zero attached hydrogens (tertiary/aromatic N) is 1. The number of rotatable bonds is 3. The number of carbonyl (C=O) groups excluding carboxylic acids is 1. The molecule has 1 heterocycles. The quantitative estimate of drug-likeness (QED) is 0.627. The highest BCUT2D eigenvalue weighted by Crippen LogP contribution is 2.16. The molecular weight excluding hydrogens is 216 g/mol. The van der Waals surface area contributed by atoms with E-state index < -0.39 is 5.97 Å². The van der Waals surface area contributed by atoms with Gasteiger partial charge in [-0.05, 0) is 6.07 Å². The van der Waals surface area contributed by atoms with Crippen LogP contribution in [0.1, 0.15) is 15.9 Å². The minimum absolute atomic E-state index is 0.326. The Bertz CT molecular complexity index is 391. The topological polar surface area (TPSA) is 65.2 Å². The number of aromatic nitrogens is 1. The first-order valence-corrected chi connectivity index (χ1v) is 4.67. The van der Waals surface area contributed by atoms with E-state index in [9.17, 15) is 4.79 Å². The van der Waals surface area contributed by atoms with E-state index in [0.29, 0.717) is 22.8 Å². The van der Waals surface area contributed by atoms with E-state index >= 15 is 0 Å². The third kappa shape index (κ3) is 3.04. The van der Waals surface area contributed by atoms with Crippen LogP contribution in [0, 0.1) is 0 Å². The summed E-state index contributed by atoms with van der Waals surface area (Å²) in [6, 6.07) is 1.60. The van der Waals surface area contributed by atoms with Crippen LogP contribution in [0.15, 0.2) is 18.3 Å². The van der Waals surface area contributed by atoms with E-state index in [1.54, 1.807) is 18.2 Å². The van der Waals surface area contributed by atoms with Crippen LogP contribution in [0.2, 0.25) is 5.15 Å². The largest absolute Gasteiger partial charge is 0.465 e. The van der Waals surface area contributed by atoms with Crippen molar-refractivity contribution in [3.8, 4) is 0 Å². The number of methoxy groups -OCH3 is 1. The zero-order chi connectivity index (χ0) is 11.3. The Morgan fingerprint density at radius 1 is 1.73 bits per heavy atom. The summed E-state index contributed by atoms with van der Waals surface area (Å²) in [5, 5.41) is 0.326. The standard InChI is InChI=1S/C10H11ClN2O2/c1-15-10(14)8-5-7(3-2-4-12)9(11)13-6-8/h2-3,5-6H,4,12H2,1H3. The summed E-state index contributed by atoms with van der Waals surface area (Å²) in [6.07, 6.45) is 4.81. The summed E-state index contributed by atoms with van der Waals surface area (Å²) in [5.74, 6) is -0.443. The van der Waals surface area contributed by atoms with Crippen molar-refractivity contribution in [3.05, 3.63) is 34.6 Å². The van der Waals surface area contributed by atoms with Crippen molar-refractivity contribution >= 4 is 23.6 Å². The van der Waals surface area contributed by atoms with Gasteiger partial charge in [0.2, 0.25) is 0 Å². The van der Waals surface area contributed by atoms with Crippen molar-refractivity contribution in [3.63, 3.8) is 0 Å². The number of hydrogen-bond donors (Lipinski definition) is 1. The maximum atomic E-state index is 11.2. The fourth-order valence-electron chi connectivity index (χ4n) is 1.01. The Labute approximate surface area is 92.7 Å². The maximum absolute atomic E-state index is 11.2. The number of pyridine rings is 1.